The van der Waals surface area contributed by atoms with Crippen molar-refractivity contribution < 1.29 is 9.31 Å². The number of nitrogens with zero attached hydrogens (tertiary/aromatic N) is 1. The second-order valence-electron chi connectivity index (χ2n) is 5.77. The van der Waals surface area contributed by atoms with Gasteiger partial charge >= 0.3 is 0 Å². The van der Waals surface area contributed by atoms with Gasteiger partial charge in [0.25, 0.3) is 5.69 Å². The first kappa shape index (κ1) is 15.0. The lowest BCUT2D eigenvalue weighted by Gasteiger charge is -2.33. The lowest BCUT2D eigenvalue weighted by molar-refractivity contribution is -0.384. The van der Waals surface area contributed by atoms with Crippen molar-refractivity contribution in [3.05, 3.63) is 33.1 Å². The molecule has 0 unspecified atom stereocenters. The van der Waals surface area contributed by atoms with Crippen molar-refractivity contribution >= 4 is 23.0 Å². The summed E-state index contributed by atoms with van der Waals surface area (Å²) >= 11 is 5.60. The molecular formula is C14H18ClFN2O2. The first-order valence-corrected chi connectivity index (χ1v) is 7.16. The summed E-state index contributed by atoms with van der Waals surface area (Å²) in [4.78, 5) is 10.5. The van der Waals surface area contributed by atoms with Gasteiger partial charge in [0, 0.05) is 18.7 Å². The zero-order valence-electron chi connectivity index (χ0n) is 11.4. The molecule has 0 saturated heterocycles. The van der Waals surface area contributed by atoms with Crippen LogP contribution in [0.1, 0.15) is 39.0 Å². The molecule has 1 saturated carbocycles. The molecule has 1 aliphatic carbocycles. The minimum atomic E-state index is -0.645. The van der Waals surface area contributed by atoms with Gasteiger partial charge in [-0.3, -0.25) is 10.1 Å². The van der Waals surface area contributed by atoms with Crippen molar-refractivity contribution in [1.82, 2.24) is 0 Å². The van der Waals surface area contributed by atoms with E-state index in [9.17, 15) is 14.5 Å². The molecule has 0 aliphatic heterocycles. The standard InChI is InChI=1S/C14H18ClFN2O2/c1-14(5-3-2-4-6-14)9-17-12-8-11(16)10(15)7-13(12)18(19)20/h7-8,17H,2-6,9H2,1H3. The predicted octanol–water partition coefficient (Wildman–Crippen LogP) is 4.77. The maximum absolute atomic E-state index is 13.5. The van der Waals surface area contributed by atoms with E-state index in [0.717, 1.165) is 25.0 Å². The van der Waals surface area contributed by atoms with E-state index in [1.165, 1.54) is 19.3 Å². The van der Waals surface area contributed by atoms with Crippen LogP contribution >= 0.6 is 11.6 Å². The Morgan fingerprint density at radius 3 is 2.65 bits per heavy atom. The first-order chi connectivity index (χ1) is 9.41. The lowest BCUT2D eigenvalue weighted by Crippen LogP contribution is -2.29. The Bertz CT molecular complexity index is 516. The zero-order chi connectivity index (χ0) is 14.8. The summed E-state index contributed by atoms with van der Waals surface area (Å²) in [7, 11) is 0. The average Bonchev–Trinajstić information content (AvgIpc) is 2.40. The largest absolute Gasteiger partial charge is 0.379 e. The number of nitro benzene ring substituents is 1. The molecule has 1 fully saturated rings. The van der Waals surface area contributed by atoms with E-state index in [0.29, 0.717) is 6.54 Å². The van der Waals surface area contributed by atoms with Crippen molar-refractivity contribution in [3.63, 3.8) is 0 Å². The summed E-state index contributed by atoms with van der Waals surface area (Å²) in [6, 6.07) is 2.16. The Hall–Kier alpha value is -1.36. The second-order valence-corrected chi connectivity index (χ2v) is 6.17. The summed E-state index contributed by atoms with van der Waals surface area (Å²) in [5.74, 6) is -0.645. The number of halogens is 2. The number of nitro groups is 1. The molecule has 1 aromatic carbocycles. The number of nitrogens with one attached hydrogen (secondary N) is 1. The highest BCUT2D eigenvalue weighted by Crippen LogP contribution is 2.37. The number of hydrogen-bond acceptors (Lipinski definition) is 3. The van der Waals surface area contributed by atoms with Crippen LogP contribution in [0.25, 0.3) is 0 Å². The van der Waals surface area contributed by atoms with Gasteiger partial charge in [0.1, 0.15) is 11.5 Å². The van der Waals surface area contributed by atoms with E-state index in [-0.39, 0.29) is 21.8 Å². The molecule has 1 N–H and O–H groups in total. The molecule has 0 heterocycles. The number of rotatable bonds is 4. The van der Waals surface area contributed by atoms with E-state index in [1.54, 1.807) is 0 Å². The Labute approximate surface area is 122 Å². The number of hydrogen-bond donors (Lipinski definition) is 1. The molecule has 6 heteroatoms. The fourth-order valence-electron chi connectivity index (χ4n) is 2.72. The van der Waals surface area contributed by atoms with Crippen LogP contribution in [-0.4, -0.2) is 11.5 Å². The molecule has 0 bridgehead atoms. The van der Waals surface area contributed by atoms with Gasteiger partial charge in [0.15, 0.2) is 0 Å². The van der Waals surface area contributed by atoms with Crippen LogP contribution in [0.3, 0.4) is 0 Å². The van der Waals surface area contributed by atoms with Crippen LogP contribution in [0.5, 0.6) is 0 Å². The summed E-state index contributed by atoms with van der Waals surface area (Å²) in [6.45, 7) is 2.77. The quantitative estimate of drug-likeness (QED) is 0.643. The molecule has 0 atom stereocenters. The summed E-state index contributed by atoms with van der Waals surface area (Å²) in [6.07, 6.45) is 5.77. The number of anilines is 1. The maximum Gasteiger partial charge on any atom is 0.294 e. The lowest BCUT2D eigenvalue weighted by atomic mass is 9.76. The fourth-order valence-corrected chi connectivity index (χ4v) is 2.88. The monoisotopic (exact) mass is 300 g/mol. The third kappa shape index (κ3) is 3.39. The molecular weight excluding hydrogens is 283 g/mol. The Kier molecular flexibility index (Phi) is 4.48. The second kappa shape index (κ2) is 5.95. The van der Waals surface area contributed by atoms with Gasteiger partial charge < -0.3 is 5.32 Å². The summed E-state index contributed by atoms with van der Waals surface area (Å²) in [5, 5.41) is 13.8. The molecule has 0 spiro atoms. The molecule has 1 aromatic rings. The van der Waals surface area contributed by atoms with Crippen LogP contribution < -0.4 is 5.32 Å². The average molecular weight is 301 g/mol. The van der Waals surface area contributed by atoms with E-state index in [1.807, 2.05) is 0 Å². The predicted molar refractivity (Wildman–Crippen MR) is 77.7 cm³/mol. The fraction of sp³-hybridized carbons (Fsp3) is 0.571. The normalized spacial score (nSPS) is 17.8. The zero-order valence-corrected chi connectivity index (χ0v) is 12.2. The highest BCUT2D eigenvalue weighted by molar-refractivity contribution is 6.31. The highest BCUT2D eigenvalue weighted by atomic mass is 35.5. The van der Waals surface area contributed by atoms with Crippen LogP contribution in [-0.2, 0) is 0 Å². The molecule has 2 rings (SSSR count). The topological polar surface area (TPSA) is 55.2 Å². The molecule has 20 heavy (non-hydrogen) atoms. The van der Waals surface area contributed by atoms with Crippen LogP contribution in [0.15, 0.2) is 12.1 Å². The van der Waals surface area contributed by atoms with E-state index >= 15 is 0 Å². The third-order valence-corrected chi connectivity index (χ3v) is 4.29. The molecule has 4 nitrogen and oxygen atoms in total. The Morgan fingerprint density at radius 1 is 1.40 bits per heavy atom. The minimum absolute atomic E-state index is 0.113. The van der Waals surface area contributed by atoms with Gasteiger partial charge in [-0.2, -0.15) is 0 Å². The number of benzene rings is 1. The van der Waals surface area contributed by atoms with Crippen molar-refractivity contribution in [2.45, 2.75) is 39.0 Å². The van der Waals surface area contributed by atoms with E-state index < -0.39 is 10.7 Å². The van der Waals surface area contributed by atoms with Gasteiger partial charge in [-0.1, -0.05) is 37.8 Å². The minimum Gasteiger partial charge on any atom is -0.379 e. The van der Waals surface area contributed by atoms with Crippen molar-refractivity contribution in [3.8, 4) is 0 Å². The molecule has 0 radical (unpaired) electrons. The van der Waals surface area contributed by atoms with Crippen LogP contribution in [0.2, 0.25) is 5.02 Å². The van der Waals surface area contributed by atoms with Crippen LogP contribution in [0, 0.1) is 21.3 Å². The van der Waals surface area contributed by atoms with Crippen molar-refractivity contribution in [2.24, 2.45) is 5.41 Å². The SMILES string of the molecule is CC1(CNc2cc(F)c(Cl)cc2[N+](=O)[O-])CCCCC1. The molecule has 1 aliphatic rings. The highest BCUT2D eigenvalue weighted by Gasteiger charge is 2.27. The van der Waals surface area contributed by atoms with Crippen LogP contribution in [0.4, 0.5) is 15.8 Å². The smallest absolute Gasteiger partial charge is 0.294 e. The molecule has 0 amide bonds. The van der Waals surface area contributed by atoms with Gasteiger partial charge in [-0.25, -0.2) is 4.39 Å². The van der Waals surface area contributed by atoms with Crippen molar-refractivity contribution in [1.29, 1.82) is 0 Å². The van der Waals surface area contributed by atoms with Gasteiger partial charge in [0.2, 0.25) is 0 Å². The van der Waals surface area contributed by atoms with Gasteiger partial charge in [-0.15, -0.1) is 0 Å². The van der Waals surface area contributed by atoms with E-state index in [4.69, 9.17) is 11.6 Å². The van der Waals surface area contributed by atoms with Crippen molar-refractivity contribution in [2.75, 3.05) is 11.9 Å². The van der Waals surface area contributed by atoms with E-state index in [2.05, 4.69) is 12.2 Å². The first-order valence-electron chi connectivity index (χ1n) is 6.79. The maximum atomic E-state index is 13.5. The Balaban J connectivity index is 2.16. The van der Waals surface area contributed by atoms with Gasteiger partial charge in [-0.05, 0) is 18.3 Å². The summed E-state index contributed by atoms with van der Waals surface area (Å²) < 4.78 is 13.5. The molecule has 0 aromatic heterocycles. The Morgan fingerprint density at radius 2 is 2.05 bits per heavy atom. The molecule has 110 valence electrons. The summed E-state index contributed by atoms with van der Waals surface area (Å²) in [5.41, 5.74) is 0.127. The third-order valence-electron chi connectivity index (χ3n) is 4.00. The van der Waals surface area contributed by atoms with Gasteiger partial charge in [0.05, 0.1) is 9.95 Å².